The number of nitrogens with one attached hydrogen (secondary N) is 1. The number of anilines is 1. The summed E-state index contributed by atoms with van der Waals surface area (Å²) in [5.41, 5.74) is 0.876. The fraction of sp³-hybridized carbons (Fsp3) is 0.300. The van der Waals surface area contributed by atoms with Crippen molar-refractivity contribution in [2.45, 2.75) is 6.61 Å². The summed E-state index contributed by atoms with van der Waals surface area (Å²) in [5.74, 6) is 0.444. The van der Waals surface area contributed by atoms with Gasteiger partial charge in [-0.2, -0.15) is 8.78 Å². The van der Waals surface area contributed by atoms with Crippen LogP contribution in [0, 0.1) is 0 Å². The van der Waals surface area contributed by atoms with Gasteiger partial charge in [0.1, 0.15) is 11.5 Å². The molecule has 0 radical (unpaired) electrons. The minimum absolute atomic E-state index is 0.0356. The Labute approximate surface area is 166 Å². The molecule has 1 fully saturated rings. The molecule has 0 unspecified atom stereocenters. The van der Waals surface area contributed by atoms with Crippen molar-refractivity contribution in [2.75, 3.05) is 38.6 Å². The maximum absolute atomic E-state index is 12.6. The number of urea groups is 1. The summed E-state index contributed by atoms with van der Waals surface area (Å²) in [6.07, 6.45) is 0. The Bertz CT molecular complexity index is 870. The van der Waals surface area contributed by atoms with E-state index in [0.717, 1.165) is 0 Å². The summed E-state index contributed by atoms with van der Waals surface area (Å²) < 4.78 is 34.1. The molecule has 0 atom stereocenters. The zero-order valence-corrected chi connectivity index (χ0v) is 15.8. The monoisotopic (exact) mass is 405 g/mol. The minimum Gasteiger partial charge on any atom is -0.497 e. The first kappa shape index (κ1) is 20.4. The van der Waals surface area contributed by atoms with Crippen molar-refractivity contribution < 1.29 is 27.8 Å². The van der Waals surface area contributed by atoms with E-state index in [1.54, 1.807) is 40.1 Å². The van der Waals surface area contributed by atoms with Crippen LogP contribution in [-0.2, 0) is 0 Å². The molecule has 0 saturated carbocycles. The molecule has 3 rings (SSSR count). The van der Waals surface area contributed by atoms with E-state index in [0.29, 0.717) is 43.2 Å². The summed E-state index contributed by atoms with van der Waals surface area (Å²) >= 11 is 0. The normalized spacial score (nSPS) is 13.9. The fourth-order valence-corrected chi connectivity index (χ4v) is 3.00. The van der Waals surface area contributed by atoms with E-state index in [9.17, 15) is 18.4 Å². The van der Waals surface area contributed by atoms with E-state index in [4.69, 9.17) is 4.74 Å². The van der Waals surface area contributed by atoms with E-state index in [2.05, 4.69) is 10.1 Å². The van der Waals surface area contributed by atoms with Gasteiger partial charge in [-0.1, -0.05) is 12.1 Å². The van der Waals surface area contributed by atoms with Crippen LogP contribution in [0.1, 0.15) is 10.4 Å². The summed E-state index contributed by atoms with van der Waals surface area (Å²) in [7, 11) is 1.54. The number of rotatable bonds is 5. The second-order valence-corrected chi connectivity index (χ2v) is 6.35. The maximum Gasteiger partial charge on any atom is 0.387 e. The molecule has 154 valence electrons. The maximum atomic E-state index is 12.6. The van der Waals surface area contributed by atoms with Crippen LogP contribution in [0.4, 0.5) is 19.3 Å². The van der Waals surface area contributed by atoms with Crippen LogP contribution in [0.2, 0.25) is 0 Å². The topological polar surface area (TPSA) is 71.1 Å². The van der Waals surface area contributed by atoms with E-state index < -0.39 is 6.61 Å². The van der Waals surface area contributed by atoms with Crippen molar-refractivity contribution in [3.63, 3.8) is 0 Å². The predicted molar refractivity (Wildman–Crippen MR) is 103 cm³/mol. The highest BCUT2D eigenvalue weighted by atomic mass is 19.3. The van der Waals surface area contributed by atoms with Crippen LogP contribution in [-0.4, -0.2) is 61.6 Å². The van der Waals surface area contributed by atoms with Crippen LogP contribution in [0.25, 0.3) is 0 Å². The van der Waals surface area contributed by atoms with Crippen LogP contribution in [0.3, 0.4) is 0 Å². The lowest BCUT2D eigenvalue weighted by Gasteiger charge is -2.34. The molecule has 1 aliphatic heterocycles. The van der Waals surface area contributed by atoms with Gasteiger partial charge in [0.25, 0.3) is 5.91 Å². The number of hydrogen-bond acceptors (Lipinski definition) is 4. The van der Waals surface area contributed by atoms with Gasteiger partial charge in [0.2, 0.25) is 0 Å². The van der Waals surface area contributed by atoms with Crippen molar-refractivity contribution in [1.82, 2.24) is 9.80 Å². The van der Waals surface area contributed by atoms with Crippen LogP contribution >= 0.6 is 0 Å². The molecule has 1 N–H and O–H groups in total. The van der Waals surface area contributed by atoms with E-state index in [1.807, 2.05) is 0 Å². The molecule has 29 heavy (non-hydrogen) atoms. The molecule has 2 aromatic carbocycles. The van der Waals surface area contributed by atoms with E-state index >= 15 is 0 Å². The Morgan fingerprint density at radius 3 is 2.31 bits per heavy atom. The SMILES string of the molecule is COc1cccc(C(=O)N2CCN(C(=O)Nc3cccc(OC(F)F)c3)CC2)c1. The van der Waals surface area contributed by atoms with Gasteiger partial charge in [-0.05, 0) is 30.3 Å². The van der Waals surface area contributed by atoms with Crippen LogP contribution in [0.5, 0.6) is 11.5 Å². The van der Waals surface area contributed by atoms with Gasteiger partial charge in [0.05, 0.1) is 7.11 Å². The molecule has 0 aromatic heterocycles. The Balaban J connectivity index is 1.55. The Morgan fingerprint density at radius 2 is 1.62 bits per heavy atom. The molecular weight excluding hydrogens is 384 g/mol. The number of methoxy groups -OCH3 is 1. The fourth-order valence-electron chi connectivity index (χ4n) is 3.00. The van der Waals surface area contributed by atoms with Gasteiger partial charge in [0, 0.05) is 43.5 Å². The first-order valence-corrected chi connectivity index (χ1v) is 9.00. The third kappa shape index (κ3) is 5.34. The number of carbonyl (C=O) groups excluding carboxylic acids is 2. The van der Waals surface area contributed by atoms with Gasteiger partial charge < -0.3 is 24.6 Å². The van der Waals surface area contributed by atoms with Crippen LogP contribution < -0.4 is 14.8 Å². The number of ether oxygens (including phenoxy) is 2. The molecule has 0 bridgehead atoms. The Morgan fingerprint density at radius 1 is 0.966 bits per heavy atom. The quantitative estimate of drug-likeness (QED) is 0.829. The number of hydrogen-bond donors (Lipinski definition) is 1. The van der Waals surface area contributed by atoms with Crippen molar-refractivity contribution in [1.29, 1.82) is 0 Å². The lowest BCUT2D eigenvalue weighted by Crippen LogP contribution is -2.51. The number of benzene rings is 2. The Hall–Kier alpha value is -3.36. The molecule has 1 heterocycles. The van der Waals surface area contributed by atoms with E-state index in [-0.39, 0.29) is 17.7 Å². The van der Waals surface area contributed by atoms with Gasteiger partial charge >= 0.3 is 12.6 Å². The van der Waals surface area contributed by atoms with Crippen LogP contribution in [0.15, 0.2) is 48.5 Å². The highest BCUT2D eigenvalue weighted by molar-refractivity contribution is 5.95. The molecule has 7 nitrogen and oxygen atoms in total. The zero-order chi connectivity index (χ0) is 20.8. The molecular formula is C20H21F2N3O4. The van der Waals surface area contributed by atoms with Gasteiger partial charge in [-0.15, -0.1) is 0 Å². The molecule has 3 amide bonds. The van der Waals surface area contributed by atoms with Crippen molar-refractivity contribution in [3.05, 3.63) is 54.1 Å². The third-order valence-electron chi connectivity index (χ3n) is 4.48. The molecule has 1 saturated heterocycles. The average Bonchev–Trinajstić information content (AvgIpc) is 2.73. The van der Waals surface area contributed by atoms with Crippen molar-refractivity contribution in [2.24, 2.45) is 0 Å². The largest absolute Gasteiger partial charge is 0.497 e. The summed E-state index contributed by atoms with van der Waals surface area (Å²) in [4.78, 5) is 28.3. The number of halogens is 2. The zero-order valence-electron chi connectivity index (χ0n) is 15.8. The molecule has 1 aliphatic rings. The smallest absolute Gasteiger partial charge is 0.387 e. The number of amides is 3. The lowest BCUT2D eigenvalue weighted by molar-refractivity contribution is -0.0498. The van der Waals surface area contributed by atoms with Gasteiger partial charge in [-0.3, -0.25) is 4.79 Å². The first-order chi connectivity index (χ1) is 14.0. The minimum atomic E-state index is -2.93. The number of alkyl halides is 2. The highest BCUT2D eigenvalue weighted by Crippen LogP contribution is 2.20. The number of carbonyl (C=O) groups is 2. The van der Waals surface area contributed by atoms with Crippen molar-refractivity contribution >= 4 is 17.6 Å². The number of piperazine rings is 1. The number of nitrogens with zero attached hydrogens (tertiary/aromatic N) is 2. The molecule has 9 heteroatoms. The molecule has 0 aliphatic carbocycles. The molecule has 0 spiro atoms. The summed E-state index contributed by atoms with van der Waals surface area (Å²) in [5, 5.41) is 2.66. The molecule has 2 aromatic rings. The van der Waals surface area contributed by atoms with E-state index in [1.165, 1.54) is 25.3 Å². The van der Waals surface area contributed by atoms with Gasteiger partial charge in [-0.25, -0.2) is 4.79 Å². The predicted octanol–water partition coefficient (Wildman–Crippen LogP) is 3.29. The highest BCUT2D eigenvalue weighted by Gasteiger charge is 2.25. The average molecular weight is 405 g/mol. The summed E-state index contributed by atoms with van der Waals surface area (Å²) in [6.45, 7) is -1.45. The second kappa shape index (κ2) is 9.22. The lowest BCUT2D eigenvalue weighted by atomic mass is 10.1. The first-order valence-electron chi connectivity index (χ1n) is 9.00. The van der Waals surface area contributed by atoms with Gasteiger partial charge in [0.15, 0.2) is 0 Å². The third-order valence-corrected chi connectivity index (χ3v) is 4.48. The summed E-state index contributed by atoms with van der Waals surface area (Å²) in [6, 6.07) is 12.3. The standard InChI is InChI=1S/C20H21F2N3O4/c1-28-16-6-2-4-14(12-16)18(26)24-8-10-25(11-9-24)20(27)23-15-5-3-7-17(13-15)29-19(21)22/h2-7,12-13,19H,8-11H2,1H3,(H,23,27). The Kier molecular flexibility index (Phi) is 6.48. The van der Waals surface area contributed by atoms with Crippen molar-refractivity contribution in [3.8, 4) is 11.5 Å². The second-order valence-electron chi connectivity index (χ2n) is 6.35.